The summed E-state index contributed by atoms with van der Waals surface area (Å²) in [4.78, 5) is 0. The molecule has 1 aromatic carbocycles. The van der Waals surface area contributed by atoms with Crippen LogP contribution in [0.4, 0.5) is 4.39 Å². The summed E-state index contributed by atoms with van der Waals surface area (Å²) in [6.45, 7) is 4.04. The van der Waals surface area contributed by atoms with Crippen molar-refractivity contribution >= 4 is 11.6 Å². The Balaban J connectivity index is 2.50. The molecule has 0 aromatic heterocycles. The van der Waals surface area contributed by atoms with Crippen molar-refractivity contribution in [2.24, 2.45) is 0 Å². The minimum absolute atomic E-state index is 0.0597. The average Bonchev–Trinajstić information content (AvgIpc) is 2.80. The lowest BCUT2D eigenvalue weighted by Crippen LogP contribution is -1.97. The van der Waals surface area contributed by atoms with Crippen LogP contribution in [-0.4, -0.2) is 11.3 Å². The van der Waals surface area contributed by atoms with Gasteiger partial charge in [0, 0.05) is 10.9 Å². The molecule has 3 heteroatoms. The molecule has 0 bridgehead atoms. The van der Waals surface area contributed by atoms with E-state index >= 15 is 0 Å². The van der Waals surface area contributed by atoms with E-state index in [0.29, 0.717) is 11.4 Å². The molecule has 2 rings (SSSR count). The zero-order valence-electron chi connectivity index (χ0n) is 8.80. The average molecular weight is 229 g/mol. The Labute approximate surface area is 93.9 Å². The Hall–Kier alpha value is -0.760. The first-order chi connectivity index (χ1) is 7.00. The molecule has 0 amide bonds. The minimum atomic E-state index is -0.760. The highest BCUT2D eigenvalue weighted by atomic mass is 35.5. The molecule has 1 nitrogen and oxygen atoms in total. The number of hydrogen-bond donors (Lipinski definition) is 1. The van der Waals surface area contributed by atoms with Crippen LogP contribution in [0.5, 0.6) is 5.75 Å². The van der Waals surface area contributed by atoms with E-state index in [9.17, 15) is 9.50 Å². The number of alkyl halides is 1. The summed E-state index contributed by atoms with van der Waals surface area (Å²) in [5.74, 6) is 0.344. The van der Waals surface area contributed by atoms with Gasteiger partial charge >= 0.3 is 0 Å². The molecular formula is C12H14ClFO. The molecule has 1 N–H and O–H groups in total. The van der Waals surface area contributed by atoms with Crippen LogP contribution in [0.1, 0.15) is 43.2 Å². The Morgan fingerprint density at radius 1 is 1.47 bits per heavy atom. The standard InChI is InChI=1S/C12H14ClFO/c1-6(2)8-3-7(15)4-10(13)12(8)9-5-11(9)14/h3-4,6,9,11,15H,5H2,1-2H3. The van der Waals surface area contributed by atoms with Crippen LogP contribution >= 0.6 is 11.6 Å². The zero-order valence-corrected chi connectivity index (χ0v) is 9.55. The van der Waals surface area contributed by atoms with E-state index in [2.05, 4.69) is 0 Å². The Bertz CT molecular complexity index is 389. The van der Waals surface area contributed by atoms with Gasteiger partial charge in [0.15, 0.2) is 0 Å². The second kappa shape index (κ2) is 3.67. The van der Waals surface area contributed by atoms with Crippen LogP contribution in [0.2, 0.25) is 5.02 Å². The molecule has 1 saturated carbocycles. The fourth-order valence-corrected chi connectivity index (χ4v) is 2.32. The lowest BCUT2D eigenvalue weighted by atomic mass is 9.94. The van der Waals surface area contributed by atoms with Crippen molar-refractivity contribution in [3.8, 4) is 5.75 Å². The van der Waals surface area contributed by atoms with Crippen molar-refractivity contribution in [3.05, 3.63) is 28.3 Å². The monoisotopic (exact) mass is 228 g/mol. The van der Waals surface area contributed by atoms with Gasteiger partial charge in [0.25, 0.3) is 0 Å². The van der Waals surface area contributed by atoms with Crippen molar-refractivity contribution in [1.29, 1.82) is 0 Å². The van der Waals surface area contributed by atoms with Gasteiger partial charge in [-0.2, -0.15) is 0 Å². The number of hydrogen-bond acceptors (Lipinski definition) is 1. The normalized spacial score (nSPS) is 24.6. The van der Waals surface area contributed by atoms with Gasteiger partial charge in [0.2, 0.25) is 0 Å². The summed E-state index contributed by atoms with van der Waals surface area (Å²) < 4.78 is 13.1. The molecule has 0 radical (unpaired) electrons. The molecule has 82 valence electrons. The molecule has 1 aromatic rings. The quantitative estimate of drug-likeness (QED) is 0.812. The second-order valence-electron chi connectivity index (χ2n) is 4.44. The van der Waals surface area contributed by atoms with Gasteiger partial charge in [0.05, 0.1) is 0 Å². The van der Waals surface area contributed by atoms with Crippen LogP contribution in [0, 0.1) is 0 Å². The number of halogens is 2. The number of aromatic hydroxyl groups is 1. The van der Waals surface area contributed by atoms with E-state index in [0.717, 1.165) is 11.1 Å². The van der Waals surface area contributed by atoms with E-state index in [-0.39, 0.29) is 17.6 Å². The van der Waals surface area contributed by atoms with Gasteiger partial charge < -0.3 is 5.11 Å². The first-order valence-electron chi connectivity index (χ1n) is 5.17. The lowest BCUT2D eigenvalue weighted by molar-refractivity contribution is 0.464. The topological polar surface area (TPSA) is 20.2 Å². The molecule has 0 heterocycles. The molecular weight excluding hydrogens is 215 g/mol. The van der Waals surface area contributed by atoms with Gasteiger partial charge in [-0.05, 0) is 35.6 Å². The maximum atomic E-state index is 13.1. The molecule has 15 heavy (non-hydrogen) atoms. The van der Waals surface area contributed by atoms with E-state index in [1.807, 2.05) is 13.8 Å². The van der Waals surface area contributed by atoms with Crippen LogP contribution < -0.4 is 0 Å². The van der Waals surface area contributed by atoms with Crippen LogP contribution in [0.15, 0.2) is 12.1 Å². The predicted molar refractivity (Wildman–Crippen MR) is 59.5 cm³/mol. The zero-order chi connectivity index (χ0) is 11.2. The fraction of sp³-hybridized carbons (Fsp3) is 0.500. The van der Waals surface area contributed by atoms with Crippen molar-refractivity contribution in [2.75, 3.05) is 0 Å². The van der Waals surface area contributed by atoms with Crippen LogP contribution in [0.25, 0.3) is 0 Å². The van der Waals surface area contributed by atoms with Crippen molar-refractivity contribution < 1.29 is 9.50 Å². The van der Waals surface area contributed by atoms with Gasteiger partial charge in [-0.3, -0.25) is 0 Å². The van der Waals surface area contributed by atoms with Gasteiger partial charge in [-0.1, -0.05) is 25.4 Å². The number of phenols is 1. The summed E-state index contributed by atoms with van der Waals surface area (Å²) in [5.41, 5.74) is 1.85. The highest BCUT2D eigenvalue weighted by Crippen LogP contribution is 2.49. The third-order valence-electron chi connectivity index (χ3n) is 2.85. The SMILES string of the molecule is CC(C)c1cc(O)cc(Cl)c1C1CC1F. The highest BCUT2D eigenvalue weighted by molar-refractivity contribution is 6.31. The Kier molecular flexibility index (Phi) is 2.63. The molecule has 1 fully saturated rings. The summed E-state index contributed by atoms with van der Waals surface area (Å²) >= 11 is 6.05. The van der Waals surface area contributed by atoms with E-state index in [1.165, 1.54) is 6.07 Å². The summed E-state index contributed by atoms with van der Waals surface area (Å²) in [6.07, 6.45) is -0.200. The molecule has 1 aliphatic rings. The molecule has 0 saturated heterocycles. The Morgan fingerprint density at radius 3 is 2.53 bits per heavy atom. The van der Waals surface area contributed by atoms with Gasteiger partial charge in [-0.15, -0.1) is 0 Å². The number of benzene rings is 1. The maximum Gasteiger partial charge on any atom is 0.117 e. The first-order valence-corrected chi connectivity index (χ1v) is 5.55. The molecule has 0 spiro atoms. The fourth-order valence-electron chi connectivity index (χ4n) is 1.96. The summed E-state index contributed by atoms with van der Waals surface area (Å²) in [6, 6.07) is 3.19. The van der Waals surface area contributed by atoms with Gasteiger partial charge in [0.1, 0.15) is 11.9 Å². The van der Waals surface area contributed by atoms with Gasteiger partial charge in [-0.25, -0.2) is 4.39 Å². The lowest BCUT2D eigenvalue weighted by Gasteiger charge is -2.14. The Morgan fingerprint density at radius 2 is 2.07 bits per heavy atom. The number of phenolic OH excluding ortho intramolecular Hbond substituents is 1. The number of rotatable bonds is 2. The smallest absolute Gasteiger partial charge is 0.117 e. The van der Waals surface area contributed by atoms with Crippen molar-refractivity contribution in [2.45, 2.75) is 38.3 Å². The predicted octanol–water partition coefficient (Wildman–Crippen LogP) is 3.99. The second-order valence-corrected chi connectivity index (χ2v) is 4.85. The van der Waals surface area contributed by atoms with E-state index in [1.54, 1.807) is 6.07 Å². The van der Waals surface area contributed by atoms with E-state index < -0.39 is 6.17 Å². The minimum Gasteiger partial charge on any atom is -0.508 e. The van der Waals surface area contributed by atoms with E-state index in [4.69, 9.17) is 11.6 Å². The summed E-state index contributed by atoms with van der Waals surface area (Å²) in [7, 11) is 0. The third-order valence-corrected chi connectivity index (χ3v) is 3.16. The molecule has 2 atom stereocenters. The maximum absolute atomic E-state index is 13.1. The summed E-state index contributed by atoms with van der Waals surface area (Å²) in [5, 5.41) is 9.95. The van der Waals surface area contributed by atoms with Crippen molar-refractivity contribution in [3.63, 3.8) is 0 Å². The van der Waals surface area contributed by atoms with Crippen LogP contribution in [-0.2, 0) is 0 Å². The van der Waals surface area contributed by atoms with Crippen molar-refractivity contribution in [1.82, 2.24) is 0 Å². The largest absolute Gasteiger partial charge is 0.508 e. The molecule has 0 aliphatic heterocycles. The van der Waals surface area contributed by atoms with Crippen LogP contribution in [0.3, 0.4) is 0 Å². The molecule has 2 unspecified atom stereocenters. The molecule has 1 aliphatic carbocycles. The third kappa shape index (κ3) is 1.96. The first kappa shape index (κ1) is 10.7. The highest BCUT2D eigenvalue weighted by Gasteiger charge is 2.41.